The molecule has 0 fully saturated rings. The van der Waals surface area contributed by atoms with Gasteiger partial charge in [0.2, 0.25) is 0 Å². The van der Waals surface area contributed by atoms with E-state index in [1.807, 2.05) is 21.0 Å². The zero-order chi connectivity index (χ0) is 6.62. The van der Waals surface area contributed by atoms with Crippen LogP contribution in [0.25, 0.3) is 0 Å². The average molecular weight is 136 g/mol. The van der Waals surface area contributed by atoms with Gasteiger partial charge in [0.15, 0.2) is 0 Å². The number of hydrogen-bond donors (Lipinski definition) is 0. The molecule has 9 heavy (non-hydrogen) atoms. The quantitative estimate of drug-likeness (QED) is 0.404. The molecule has 0 bridgehead atoms. The van der Waals surface area contributed by atoms with Gasteiger partial charge in [0.1, 0.15) is 13.2 Å². The fourth-order valence-electron chi connectivity index (χ4n) is 0.441. The molecule has 0 aliphatic heterocycles. The highest BCUT2D eigenvalue weighted by Gasteiger charge is 2.10. The molecule has 0 aliphatic rings. The standard InChI is InChI=1S/C6H16NO.H2O/c1-5-7(3,4)8-6-2;/h5-6H2,1-4H3;1H2/q+1;. The lowest BCUT2D eigenvalue weighted by atomic mass is 10.7. The lowest BCUT2D eigenvalue weighted by Gasteiger charge is -2.23. The molecule has 58 valence electrons. The molecule has 0 rings (SSSR count). The molecule has 0 aromatic rings. The van der Waals surface area contributed by atoms with Crippen molar-refractivity contribution in [3.05, 3.63) is 0 Å². The Morgan fingerprint density at radius 1 is 1.22 bits per heavy atom. The van der Waals surface area contributed by atoms with Crippen molar-refractivity contribution < 1.29 is 15.0 Å². The minimum absolute atomic E-state index is 0. The van der Waals surface area contributed by atoms with Gasteiger partial charge >= 0.3 is 0 Å². The van der Waals surface area contributed by atoms with Crippen molar-refractivity contribution >= 4 is 0 Å². The summed E-state index contributed by atoms with van der Waals surface area (Å²) in [6, 6.07) is 0. The lowest BCUT2D eigenvalue weighted by Crippen LogP contribution is -2.38. The molecule has 0 aromatic heterocycles. The molecule has 0 aliphatic carbocycles. The summed E-state index contributed by atoms with van der Waals surface area (Å²) in [6.45, 7) is 5.93. The van der Waals surface area contributed by atoms with Gasteiger partial charge in [0.25, 0.3) is 0 Å². The van der Waals surface area contributed by atoms with E-state index >= 15 is 0 Å². The second-order valence-corrected chi connectivity index (χ2v) is 2.31. The Labute approximate surface area is 57.1 Å². The van der Waals surface area contributed by atoms with Gasteiger partial charge < -0.3 is 5.48 Å². The topological polar surface area (TPSA) is 40.7 Å². The first-order valence-electron chi connectivity index (χ1n) is 3.10. The summed E-state index contributed by atoms with van der Waals surface area (Å²) in [5, 5.41) is 0. The van der Waals surface area contributed by atoms with Gasteiger partial charge in [-0.2, -0.15) is 4.65 Å². The van der Waals surface area contributed by atoms with E-state index < -0.39 is 0 Å². The first-order chi connectivity index (χ1) is 3.62. The maximum Gasteiger partial charge on any atom is 0.106 e. The summed E-state index contributed by atoms with van der Waals surface area (Å²) >= 11 is 0. The Bertz CT molecular complexity index is 64.1. The van der Waals surface area contributed by atoms with Gasteiger partial charge in [-0.05, 0) is 13.8 Å². The molecule has 0 saturated carbocycles. The number of rotatable bonds is 3. The Balaban J connectivity index is 0. The van der Waals surface area contributed by atoms with Crippen LogP contribution in [0.5, 0.6) is 0 Å². The van der Waals surface area contributed by atoms with Crippen LogP contribution in [0.4, 0.5) is 0 Å². The SMILES string of the molecule is CCO[N+](C)(C)CC.O. The van der Waals surface area contributed by atoms with E-state index in [1.54, 1.807) is 0 Å². The third-order valence-corrected chi connectivity index (χ3v) is 1.24. The van der Waals surface area contributed by atoms with Crippen molar-refractivity contribution in [3.8, 4) is 0 Å². The zero-order valence-electron chi connectivity index (χ0n) is 6.77. The highest BCUT2D eigenvalue weighted by atomic mass is 16.7. The first-order valence-corrected chi connectivity index (χ1v) is 3.10. The van der Waals surface area contributed by atoms with E-state index in [0.29, 0.717) is 4.65 Å². The Morgan fingerprint density at radius 3 is 1.78 bits per heavy atom. The number of nitrogens with zero attached hydrogens (tertiary/aromatic N) is 1. The number of hydrogen-bond acceptors (Lipinski definition) is 1. The van der Waals surface area contributed by atoms with E-state index in [0.717, 1.165) is 13.2 Å². The maximum atomic E-state index is 5.32. The third kappa shape index (κ3) is 5.76. The minimum Gasteiger partial charge on any atom is -0.412 e. The molecule has 3 nitrogen and oxygen atoms in total. The van der Waals surface area contributed by atoms with Crippen LogP contribution in [0.3, 0.4) is 0 Å². The lowest BCUT2D eigenvalue weighted by molar-refractivity contribution is -1.07. The predicted octanol–water partition coefficient (Wildman–Crippen LogP) is 0.210. The number of quaternary nitrogens is 1. The van der Waals surface area contributed by atoms with Gasteiger partial charge in [-0.15, -0.1) is 0 Å². The summed E-state index contributed by atoms with van der Waals surface area (Å²) in [4.78, 5) is 5.32. The van der Waals surface area contributed by atoms with E-state index in [2.05, 4.69) is 6.92 Å². The first kappa shape index (κ1) is 11.6. The molecule has 0 amide bonds. The van der Waals surface area contributed by atoms with E-state index in [9.17, 15) is 0 Å². The predicted molar refractivity (Wildman–Crippen MR) is 37.9 cm³/mol. The van der Waals surface area contributed by atoms with Crippen LogP contribution in [-0.2, 0) is 4.84 Å². The highest BCUT2D eigenvalue weighted by Crippen LogP contribution is 1.95. The zero-order valence-corrected chi connectivity index (χ0v) is 6.77. The van der Waals surface area contributed by atoms with Gasteiger partial charge in [-0.3, -0.25) is 0 Å². The summed E-state index contributed by atoms with van der Waals surface area (Å²) in [6.07, 6.45) is 0. The van der Waals surface area contributed by atoms with Gasteiger partial charge in [-0.25, -0.2) is 4.84 Å². The van der Waals surface area contributed by atoms with Crippen LogP contribution < -0.4 is 0 Å². The van der Waals surface area contributed by atoms with Gasteiger partial charge in [-0.1, -0.05) is 0 Å². The Hall–Kier alpha value is -0.120. The second-order valence-electron chi connectivity index (χ2n) is 2.31. The molecule has 2 N–H and O–H groups in total. The summed E-state index contributed by atoms with van der Waals surface area (Å²) in [7, 11) is 4.09. The van der Waals surface area contributed by atoms with Crippen molar-refractivity contribution in [3.63, 3.8) is 0 Å². The number of hydroxylamine groups is 3. The summed E-state index contributed by atoms with van der Waals surface area (Å²) in [5.41, 5.74) is 0. The van der Waals surface area contributed by atoms with Crippen LogP contribution >= 0.6 is 0 Å². The molecule has 0 unspecified atom stereocenters. The van der Waals surface area contributed by atoms with Crippen molar-refractivity contribution in [1.82, 2.24) is 0 Å². The normalized spacial score (nSPS) is 10.7. The molecular formula is C6H18NO2+. The molecule has 0 saturated heterocycles. The summed E-state index contributed by atoms with van der Waals surface area (Å²) in [5.74, 6) is 0. The van der Waals surface area contributed by atoms with Crippen LogP contribution in [-0.4, -0.2) is 37.4 Å². The molecule has 0 atom stereocenters. The van der Waals surface area contributed by atoms with Crippen LogP contribution in [0.2, 0.25) is 0 Å². The van der Waals surface area contributed by atoms with Crippen molar-refractivity contribution in [2.24, 2.45) is 0 Å². The fraction of sp³-hybridized carbons (Fsp3) is 1.00. The fourth-order valence-corrected chi connectivity index (χ4v) is 0.441. The van der Waals surface area contributed by atoms with E-state index in [-0.39, 0.29) is 5.48 Å². The van der Waals surface area contributed by atoms with Crippen LogP contribution in [0.15, 0.2) is 0 Å². The molecular weight excluding hydrogens is 118 g/mol. The molecule has 0 spiro atoms. The smallest absolute Gasteiger partial charge is 0.106 e. The monoisotopic (exact) mass is 136 g/mol. The maximum absolute atomic E-state index is 5.32. The van der Waals surface area contributed by atoms with Crippen molar-refractivity contribution in [1.29, 1.82) is 0 Å². The Kier molecular flexibility index (Phi) is 6.12. The van der Waals surface area contributed by atoms with Crippen LogP contribution in [0.1, 0.15) is 13.8 Å². The average Bonchev–Trinajstić information content (AvgIpc) is 1.67. The third-order valence-electron chi connectivity index (χ3n) is 1.24. The van der Waals surface area contributed by atoms with E-state index in [1.165, 1.54) is 0 Å². The molecule has 0 aromatic carbocycles. The van der Waals surface area contributed by atoms with E-state index in [4.69, 9.17) is 4.84 Å². The largest absolute Gasteiger partial charge is 0.412 e. The van der Waals surface area contributed by atoms with Crippen LogP contribution in [0, 0.1) is 0 Å². The minimum atomic E-state index is 0. The van der Waals surface area contributed by atoms with Gasteiger partial charge in [0.05, 0.1) is 14.1 Å². The molecule has 0 heterocycles. The van der Waals surface area contributed by atoms with Crippen molar-refractivity contribution in [2.75, 3.05) is 27.2 Å². The van der Waals surface area contributed by atoms with Crippen molar-refractivity contribution in [2.45, 2.75) is 13.8 Å². The molecule has 3 heteroatoms. The Morgan fingerprint density at radius 2 is 1.67 bits per heavy atom. The highest BCUT2D eigenvalue weighted by molar-refractivity contribution is 4.05. The van der Waals surface area contributed by atoms with Gasteiger partial charge in [0, 0.05) is 0 Å². The molecule has 0 radical (unpaired) electrons. The summed E-state index contributed by atoms with van der Waals surface area (Å²) < 4.78 is 0.663. The second kappa shape index (κ2) is 4.73.